The van der Waals surface area contributed by atoms with Crippen molar-refractivity contribution in [3.63, 3.8) is 0 Å². The highest BCUT2D eigenvalue weighted by molar-refractivity contribution is 7.92. The number of hydrogen-bond donors (Lipinski definition) is 1. The molecule has 7 nitrogen and oxygen atoms in total. The molecule has 0 radical (unpaired) electrons. The zero-order valence-corrected chi connectivity index (χ0v) is 17.7. The zero-order valence-electron chi connectivity index (χ0n) is 16.1. The normalized spacial score (nSPS) is 15.2. The van der Waals surface area contributed by atoms with E-state index >= 15 is 0 Å². The van der Waals surface area contributed by atoms with Gasteiger partial charge in [0.25, 0.3) is 15.9 Å². The van der Waals surface area contributed by atoms with Crippen molar-refractivity contribution in [2.24, 2.45) is 0 Å². The highest BCUT2D eigenvalue weighted by Gasteiger charge is 2.25. The number of likely N-dealkylation sites (tertiary alicyclic amines) is 1. The van der Waals surface area contributed by atoms with Crippen molar-refractivity contribution < 1.29 is 13.2 Å². The van der Waals surface area contributed by atoms with E-state index in [4.69, 9.17) is 11.6 Å². The van der Waals surface area contributed by atoms with Gasteiger partial charge in [-0.1, -0.05) is 11.6 Å². The SMILES string of the molecule is O=C(c1ccc(S(=O)(=O)Nc2ccc(Cl)cc2)cc1)N1CCC(n2ccnc2)CC1. The topological polar surface area (TPSA) is 84.3 Å². The van der Waals surface area contributed by atoms with E-state index in [1.165, 1.54) is 12.1 Å². The van der Waals surface area contributed by atoms with Gasteiger partial charge in [-0.2, -0.15) is 0 Å². The number of carbonyl (C=O) groups is 1. The van der Waals surface area contributed by atoms with E-state index in [9.17, 15) is 13.2 Å². The van der Waals surface area contributed by atoms with E-state index in [2.05, 4.69) is 14.3 Å². The highest BCUT2D eigenvalue weighted by atomic mass is 35.5. The maximum Gasteiger partial charge on any atom is 0.261 e. The summed E-state index contributed by atoms with van der Waals surface area (Å²) in [5.74, 6) is -0.0892. The van der Waals surface area contributed by atoms with E-state index < -0.39 is 10.0 Å². The average Bonchev–Trinajstić information content (AvgIpc) is 3.30. The van der Waals surface area contributed by atoms with Crippen LogP contribution in [0.2, 0.25) is 5.02 Å². The van der Waals surface area contributed by atoms with E-state index in [-0.39, 0.29) is 10.8 Å². The number of sulfonamides is 1. The van der Waals surface area contributed by atoms with Crippen molar-refractivity contribution in [1.82, 2.24) is 14.5 Å². The molecule has 1 saturated heterocycles. The van der Waals surface area contributed by atoms with Crippen molar-refractivity contribution in [1.29, 1.82) is 0 Å². The fraction of sp³-hybridized carbons (Fsp3) is 0.238. The van der Waals surface area contributed by atoms with Gasteiger partial charge < -0.3 is 9.47 Å². The number of carbonyl (C=O) groups excluding carboxylic acids is 1. The largest absolute Gasteiger partial charge is 0.338 e. The molecule has 9 heteroatoms. The summed E-state index contributed by atoms with van der Waals surface area (Å²) in [6.07, 6.45) is 7.23. The van der Waals surface area contributed by atoms with Gasteiger partial charge in [-0.25, -0.2) is 13.4 Å². The van der Waals surface area contributed by atoms with E-state index in [1.54, 1.807) is 48.9 Å². The summed E-state index contributed by atoms with van der Waals surface area (Å²) in [6, 6.07) is 12.8. The third-order valence-corrected chi connectivity index (χ3v) is 6.86. The first-order valence-electron chi connectivity index (χ1n) is 9.57. The molecule has 1 aliphatic heterocycles. The Hall–Kier alpha value is -2.84. The van der Waals surface area contributed by atoms with Crippen molar-refractivity contribution in [3.8, 4) is 0 Å². The minimum absolute atomic E-state index is 0.0892. The number of imidazole rings is 1. The first-order valence-corrected chi connectivity index (χ1v) is 11.4. The summed E-state index contributed by atoms with van der Waals surface area (Å²) in [7, 11) is -3.75. The molecule has 0 unspecified atom stereocenters. The summed E-state index contributed by atoms with van der Waals surface area (Å²) in [5, 5.41) is 0.523. The molecule has 1 fully saturated rings. The van der Waals surface area contributed by atoms with Gasteiger partial charge in [0.2, 0.25) is 0 Å². The van der Waals surface area contributed by atoms with Crippen LogP contribution in [0, 0.1) is 0 Å². The van der Waals surface area contributed by atoms with E-state index in [0.29, 0.717) is 35.4 Å². The van der Waals surface area contributed by atoms with Gasteiger partial charge in [0.05, 0.1) is 11.2 Å². The van der Waals surface area contributed by atoms with Crippen LogP contribution in [0.1, 0.15) is 29.2 Å². The molecule has 0 spiro atoms. The maximum absolute atomic E-state index is 12.8. The Bertz CT molecular complexity index is 1110. The summed E-state index contributed by atoms with van der Waals surface area (Å²) in [4.78, 5) is 18.8. The Balaban J connectivity index is 1.40. The van der Waals surface area contributed by atoms with Gasteiger partial charge in [0.1, 0.15) is 0 Å². The van der Waals surface area contributed by atoms with E-state index in [0.717, 1.165) is 12.8 Å². The van der Waals surface area contributed by atoms with Gasteiger partial charge in [0, 0.05) is 47.8 Å². The zero-order chi connectivity index (χ0) is 21.1. The number of amides is 1. The summed E-state index contributed by atoms with van der Waals surface area (Å²) < 4.78 is 29.7. The number of nitrogens with zero attached hydrogens (tertiary/aromatic N) is 3. The third-order valence-electron chi connectivity index (χ3n) is 5.21. The standard InChI is InChI=1S/C21H21ClN4O3S/c22-17-3-5-18(6-4-17)24-30(28,29)20-7-1-16(2-8-20)21(27)25-12-9-19(10-13-25)26-14-11-23-15-26/h1-8,11,14-15,19,24H,9-10,12-13H2. The lowest BCUT2D eigenvalue weighted by Crippen LogP contribution is -2.38. The Kier molecular flexibility index (Phi) is 5.78. The molecule has 0 aliphatic carbocycles. The average molecular weight is 445 g/mol. The van der Waals surface area contributed by atoms with Crippen molar-refractivity contribution >= 4 is 33.2 Å². The molecular formula is C21H21ClN4O3S. The van der Waals surface area contributed by atoms with E-state index in [1.807, 2.05) is 11.1 Å². The van der Waals surface area contributed by atoms with Gasteiger partial charge in [-0.15, -0.1) is 0 Å². The van der Waals surface area contributed by atoms with Crippen LogP contribution in [0.5, 0.6) is 0 Å². The van der Waals surface area contributed by atoms with Gasteiger partial charge in [-0.3, -0.25) is 9.52 Å². The number of halogens is 1. The number of piperidine rings is 1. The molecule has 0 saturated carbocycles. The fourth-order valence-electron chi connectivity index (χ4n) is 3.54. The lowest BCUT2D eigenvalue weighted by molar-refractivity contribution is 0.0694. The molecule has 3 aromatic rings. The second kappa shape index (κ2) is 8.49. The Morgan fingerprint density at radius 1 is 1.03 bits per heavy atom. The van der Waals surface area contributed by atoms with Crippen LogP contribution >= 0.6 is 11.6 Å². The van der Waals surface area contributed by atoms with Gasteiger partial charge in [0.15, 0.2) is 0 Å². The van der Waals surface area contributed by atoms with Crippen molar-refractivity contribution in [3.05, 3.63) is 77.8 Å². The maximum atomic E-state index is 12.8. The Morgan fingerprint density at radius 2 is 1.70 bits per heavy atom. The highest BCUT2D eigenvalue weighted by Crippen LogP contribution is 2.24. The monoisotopic (exact) mass is 444 g/mol. The van der Waals surface area contributed by atoms with Gasteiger partial charge >= 0.3 is 0 Å². The lowest BCUT2D eigenvalue weighted by atomic mass is 10.0. The van der Waals surface area contributed by atoms with Crippen LogP contribution in [-0.4, -0.2) is 41.9 Å². The predicted molar refractivity (Wildman–Crippen MR) is 115 cm³/mol. The minimum atomic E-state index is -3.75. The first kappa shape index (κ1) is 20.4. The molecule has 4 rings (SSSR count). The summed E-state index contributed by atoms with van der Waals surface area (Å²) in [6.45, 7) is 1.31. The number of hydrogen-bond acceptors (Lipinski definition) is 4. The molecule has 156 valence electrons. The van der Waals surface area contributed by atoms with Crippen molar-refractivity contribution in [2.75, 3.05) is 17.8 Å². The van der Waals surface area contributed by atoms with Crippen LogP contribution < -0.4 is 4.72 Å². The number of aromatic nitrogens is 2. The summed E-state index contributed by atoms with van der Waals surface area (Å²) >= 11 is 5.83. The molecule has 1 N–H and O–H groups in total. The molecule has 1 aromatic heterocycles. The predicted octanol–water partition coefficient (Wildman–Crippen LogP) is 3.81. The van der Waals surface area contributed by atoms with Crippen LogP contribution in [-0.2, 0) is 10.0 Å². The molecule has 0 bridgehead atoms. The summed E-state index contributed by atoms with van der Waals surface area (Å²) in [5.41, 5.74) is 0.891. The lowest BCUT2D eigenvalue weighted by Gasteiger charge is -2.32. The molecule has 2 aromatic carbocycles. The van der Waals surface area contributed by atoms with Crippen LogP contribution in [0.4, 0.5) is 5.69 Å². The smallest absolute Gasteiger partial charge is 0.261 e. The third kappa shape index (κ3) is 4.49. The second-order valence-electron chi connectivity index (χ2n) is 7.17. The second-order valence-corrected chi connectivity index (χ2v) is 9.29. The molecule has 1 amide bonds. The van der Waals surface area contributed by atoms with Crippen LogP contribution in [0.15, 0.2) is 72.1 Å². The molecular weight excluding hydrogens is 424 g/mol. The fourth-order valence-corrected chi connectivity index (χ4v) is 4.73. The quantitative estimate of drug-likeness (QED) is 0.648. The molecule has 30 heavy (non-hydrogen) atoms. The molecule has 0 atom stereocenters. The number of rotatable bonds is 5. The van der Waals surface area contributed by atoms with Crippen LogP contribution in [0.25, 0.3) is 0 Å². The Morgan fingerprint density at radius 3 is 2.30 bits per heavy atom. The first-order chi connectivity index (χ1) is 14.4. The van der Waals surface area contributed by atoms with Crippen molar-refractivity contribution in [2.45, 2.75) is 23.8 Å². The number of nitrogens with one attached hydrogen (secondary N) is 1. The van der Waals surface area contributed by atoms with Gasteiger partial charge in [-0.05, 0) is 61.4 Å². The Labute approximate surface area is 180 Å². The van der Waals surface area contributed by atoms with Crippen LogP contribution in [0.3, 0.4) is 0 Å². The number of benzene rings is 2. The molecule has 2 heterocycles. The number of anilines is 1. The minimum Gasteiger partial charge on any atom is -0.338 e. The molecule has 1 aliphatic rings.